The van der Waals surface area contributed by atoms with Gasteiger partial charge in [-0.1, -0.05) is 6.92 Å². The molecule has 6 nitrogen and oxygen atoms in total. The van der Waals surface area contributed by atoms with Crippen molar-refractivity contribution >= 4 is 0 Å². The van der Waals surface area contributed by atoms with Crippen LogP contribution in [0.1, 0.15) is 25.6 Å². The summed E-state index contributed by atoms with van der Waals surface area (Å²) in [6.07, 6.45) is -1.73. The molecule has 1 aromatic rings. The van der Waals surface area contributed by atoms with Crippen LogP contribution >= 0.6 is 0 Å². The fourth-order valence-corrected chi connectivity index (χ4v) is 2.24. The smallest absolute Gasteiger partial charge is 0.325 e. The van der Waals surface area contributed by atoms with Gasteiger partial charge >= 0.3 is 5.69 Å². The van der Waals surface area contributed by atoms with Crippen molar-refractivity contribution < 1.29 is 14.2 Å². The molecule has 18 heavy (non-hydrogen) atoms. The minimum Gasteiger partial charge on any atom is -0.394 e. The molecule has 0 spiro atoms. The predicted molar refractivity (Wildman–Crippen MR) is 61.1 cm³/mol. The van der Waals surface area contributed by atoms with Gasteiger partial charge < -0.3 is 14.8 Å². The molecule has 0 bridgehead atoms. The highest BCUT2D eigenvalue weighted by molar-refractivity contribution is 5.13. The first-order valence-corrected chi connectivity index (χ1v) is 5.65. The van der Waals surface area contributed by atoms with Crippen molar-refractivity contribution in [3.63, 3.8) is 0 Å². The fourth-order valence-electron chi connectivity index (χ4n) is 2.24. The molecule has 1 unspecified atom stereocenters. The second-order valence-electron chi connectivity index (χ2n) is 4.72. The molecular formula is C11H15FN2O4. The first kappa shape index (κ1) is 13.0. The normalized spacial score (nSPS) is 35.9. The average molecular weight is 258 g/mol. The van der Waals surface area contributed by atoms with Crippen LogP contribution in [0, 0.1) is 5.92 Å². The fraction of sp³-hybridized carbons (Fsp3) is 0.636. The standard InChI is InChI=1S/C11H15FN2O4/c1-5-7(4-15)18-9(11(5,2)12)6-3-8(16)14-10(17)13-6/h3,5,7,9,15H,4H2,1-2H3,(H2,13,14,16,17)/t5-,7-,9?,11-/m1/s1. The van der Waals surface area contributed by atoms with Gasteiger partial charge in [0.25, 0.3) is 5.56 Å². The maximum Gasteiger partial charge on any atom is 0.325 e. The second-order valence-corrected chi connectivity index (χ2v) is 4.72. The molecule has 0 saturated carbocycles. The topological polar surface area (TPSA) is 95.2 Å². The Hall–Kier alpha value is -1.47. The number of aliphatic hydroxyl groups is 1. The molecule has 1 aliphatic rings. The minimum atomic E-state index is -1.77. The Bertz CT molecular complexity index is 522. The molecule has 0 aliphatic carbocycles. The number of aliphatic hydroxyl groups excluding tert-OH is 1. The zero-order valence-electron chi connectivity index (χ0n) is 10.1. The van der Waals surface area contributed by atoms with Gasteiger partial charge in [-0.3, -0.25) is 9.78 Å². The molecule has 0 radical (unpaired) electrons. The Labute approximate surface area is 102 Å². The second kappa shape index (κ2) is 4.33. The van der Waals surface area contributed by atoms with E-state index in [1.54, 1.807) is 6.92 Å². The zero-order chi connectivity index (χ0) is 13.5. The van der Waals surface area contributed by atoms with Gasteiger partial charge in [0.1, 0.15) is 11.8 Å². The third-order valence-corrected chi connectivity index (χ3v) is 3.52. The summed E-state index contributed by atoms with van der Waals surface area (Å²) in [5.74, 6) is -0.546. The maximum absolute atomic E-state index is 14.6. The number of hydrogen-bond donors (Lipinski definition) is 3. The van der Waals surface area contributed by atoms with E-state index in [4.69, 9.17) is 9.84 Å². The summed E-state index contributed by atoms with van der Waals surface area (Å²) in [5.41, 5.74) is -3.02. The zero-order valence-corrected chi connectivity index (χ0v) is 10.1. The van der Waals surface area contributed by atoms with Gasteiger partial charge in [-0.05, 0) is 6.92 Å². The molecule has 0 aromatic carbocycles. The molecule has 2 rings (SSSR count). The number of alkyl halides is 1. The van der Waals surface area contributed by atoms with Gasteiger partial charge in [-0.15, -0.1) is 0 Å². The van der Waals surface area contributed by atoms with Crippen LogP contribution in [0.2, 0.25) is 0 Å². The summed E-state index contributed by atoms with van der Waals surface area (Å²) in [5, 5.41) is 9.11. The van der Waals surface area contributed by atoms with E-state index in [1.807, 2.05) is 4.98 Å². The van der Waals surface area contributed by atoms with Crippen LogP contribution in [-0.2, 0) is 4.74 Å². The van der Waals surface area contributed by atoms with Crippen molar-refractivity contribution in [3.05, 3.63) is 32.6 Å². The summed E-state index contributed by atoms with van der Waals surface area (Å²) < 4.78 is 20.0. The number of nitrogens with one attached hydrogen (secondary N) is 2. The van der Waals surface area contributed by atoms with Gasteiger partial charge in [0.2, 0.25) is 0 Å². The maximum atomic E-state index is 14.6. The van der Waals surface area contributed by atoms with Crippen molar-refractivity contribution in [2.24, 2.45) is 5.92 Å². The Kier molecular flexibility index (Phi) is 3.12. The Morgan fingerprint density at radius 2 is 2.17 bits per heavy atom. The third kappa shape index (κ3) is 1.99. The number of ether oxygens (including phenoxy) is 1. The van der Waals surface area contributed by atoms with Crippen molar-refractivity contribution in [3.8, 4) is 0 Å². The Morgan fingerprint density at radius 1 is 1.50 bits per heavy atom. The predicted octanol–water partition coefficient (Wildman–Crippen LogP) is -0.140. The lowest BCUT2D eigenvalue weighted by Crippen LogP contribution is -2.34. The lowest BCUT2D eigenvalue weighted by molar-refractivity contribution is -0.0194. The molecule has 3 N–H and O–H groups in total. The number of rotatable bonds is 2. The van der Waals surface area contributed by atoms with Crippen LogP contribution in [0.5, 0.6) is 0 Å². The molecule has 1 aliphatic heterocycles. The lowest BCUT2D eigenvalue weighted by atomic mass is 9.86. The van der Waals surface area contributed by atoms with Crippen molar-refractivity contribution in [2.45, 2.75) is 31.7 Å². The number of H-pyrrole nitrogens is 2. The third-order valence-electron chi connectivity index (χ3n) is 3.52. The molecule has 2 heterocycles. The lowest BCUT2D eigenvalue weighted by Gasteiger charge is -2.24. The first-order valence-electron chi connectivity index (χ1n) is 5.65. The van der Waals surface area contributed by atoms with Gasteiger partial charge in [0.15, 0.2) is 0 Å². The van der Waals surface area contributed by atoms with Crippen LogP contribution in [0.15, 0.2) is 15.7 Å². The summed E-state index contributed by atoms with van der Waals surface area (Å²) in [6.45, 7) is 2.63. The van der Waals surface area contributed by atoms with E-state index in [1.165, 1.54) is 6.92 Å². The van der Waals surface area contributed by atoms with Gasteiger partial charge in [0, 0.05) is 12.0 Å². The van der Waals surface area contributed by atoms with E-state index in [-0.39, 0.29) is 12.3 Å². The quantitative estimate of drug-likeness (QED) is 0.688. The number of halogens is 1. The highest BCUT2D eigenvalue weighted by atomic mass is 19.1. The molecule has 100 valence electrons. The van der Waals surface area contributed by atoms with Gasteiger partial charge in [-0.25, -0.2) is 9.18 Å². The largest absolute Gasteiger partial charge is 0.394 e. The monoisotopic (exact) mass is 258 g/mol. The van der Waals surface area contributed by atoms with E-state index >= 15 is 0 Å². The number of aromatic amines is 2. The molecule has 1 aromatic heterocycles. The summed E-state index contributed by atoms with van der Waals surface area (Å²) >= 11 is 0. The number of hydrogen-bond acceptors (Lipinski definition) is 4. The van der Waals surface area contributed by atoms with Gasteiger partial charge in [-0.2, -0.15) is 0 Å². The van der Waals surface area contributed by atoms with Crippen molar-refractivity contribution in [1.29, 1.82) is 0 Å². The molecule has 1 saturated heterocycles. The van der Waals surface area contributed by atoms with Crippen LogP contribution in [0.25, 0.3) is 0 Å². The summed E-state index contributed by atoms with van der Waals surface area (Å²) in [6, 6.07) is 1.09. The molecule has 1 fully saturated rings. The first-order chi connectivity index (χ1) is 8.36. The number of aromatic nitrogens is 2. The van der Waals surface area contributed by atoms with Crippen LogP contribution in [0.4, 0.5) is 4.39 Å². The Morgan fingerprint density at radius 3 is 2.67 bits per heavy atom. The SMILES string of the molecule is C[C@@H]1[C@@H](CO)OC(c2cc(=O)[nH]c(=O)[nH]2)[C@]1(C)F. The van der Waals surface area contributed by atoms with E-state index in [0.29, 0.717) is 0 Å². The molecule has 7 heteroatoms. The summed E-state index contributed by atoms with van der Waals surface area (Å²) in [7, 11) is 0. The van der Waals surface area contributed by atoms with Crippen molar-refractivity contribution in [2.75, 3.05) is 6.61 Å². The van der Waals surface area contributed by atoms with Crippen LogP contribution < -0.4 is 11.2 Å². The summed E-state index contributed by atoms with van der Waals surface area (Å²) in [4.78, 5) is 26.7. The highest BCUT2D eigenvalue weighted by Crippen LogP contribution is 2.46. The average Bonchev–Trinajstić information content (AvgIpc) is 2.49. The van der Waals surface area contributed by atoms with E-state index < -0.39 is 35.0 Å². The van der Waals surface area contributed by atoms with E-state index in [9.17, 15) is 14.0 Å². The van der Waals surface area contributed by atoms with Crippen molar-refractivity contribution in [1.82, 2.24) is 9.97 Å². The Balaban J connectivity index is 2.45. The van der Waals surface area contributed by atoms with Gasteiger partial charge in [0.05, 0.1) is 18.4 Å². The molecule has 0 amide bonds. The van der Waals surface area contributed by atoms with E-state index in [0.717, 1.165) is 6.07 Å². The van der Waals surface area contributed by atoms with Crippen LogP contribution in [-0.4, -0.2) is 33.5 Å². The highest BCUT2D eigenvalue weighted by Gasteiger charge is 2.52. The van der Waals surface area contributed by atoms with E-state index in [2.05, 4.69) is 4.98 Å². The molecular weight excluding hydrogens is 243 g/mol. The molecule has 4 atom stereocenters. The van der Waals surface area contributed by atoms with Crippen LogP contribution in [0.3, 0.4) is 0 Å². The minimum absolute atomic E-state index is 0.0801.